The Morgan fingerprint density at radius 1 is 0.474 bits per heavy atom. The molecule has 2 heterocycles. The normalized spacial score (nSPS) is 25.5. The molecule has 38 heavy (non-hydrogen) atoms. The second-order valence-corrected chi connectivity index (χ2v) is 10.4. The first-order valence-corrected chi connectivity index (χ1v) is 13.5. The second-order valence-electron chi connectivity index (χ2n) is 10.4. The Balaban J connectivity index is 1.28. The molecular formula is C34H30N2O2. The number of nitrogens with zero attached hydrogens (tertiary/aromatic N) is 2. The lowest BCUT2D eigenvalue weighted by molar-refractivity contribution is 0.129. The molecule has 1 fully saturated rings. The van der Waals surface area contributed by atoms with Gasteiger partial charge in [-0.1, -0.05) is 128 Å². The average molecular weight is 499 g/mol. The fraction of sp³-hybridized carbons (Fsp3) is 0.235. The van der Waals surface area contributed by atoms with Gasteiger partial charge in [-0.2, -0.15) is 0 Å². The molecule has 4 nitrogen and oxygen atoms in total. The highest BCUT2D eigenvalue weighted by Crippen LogP contribution is 2.54. The molecule has 1 saturated carbocycles. The smallest absolute Gasteiger partial charge is 0.200 e. The van der Waals surface area contributed by atoms with Crippen LogP contribution in [0, 0.1) is 5.41 Å². The molecule has 0 N–H and O–H groups in total. The molecule has 4 atom stereocenters. The molecule has 7 rings (SSSR count). The van der Waals surface area contributed by atoms with Gasteiger partial charge in [0.15, 0.2) is 12.2 Å². The largest absolute Gasteiger partial charge is 0.469 e. The summed E-state index contributed by atoms with van der Waals surface area (Å²) < 4.78 is 13.6. The van der Waals surface area contributed by atoms with Gasteiger partial charge in [-0.05, 0) is 35.1 Å². The SMILES string of the molecule is c1ccc(C2N=C(C3(C4=NC(c5ccccc5)C(c5ccccc5)O4)CCC3)OC2c2ccccc2)cc1. The summed E-state index contributed by atoms with van der Waals surface area (Å²) in [4.78, 5) is 10.6. The van der Waals surface area contributed by atoms with Crippen molar-refractivity contribution in [2.75, 3.05) is 0 Å². The Hall–Kier alpha value is -4.18. The van der Waals surface area contributed by atoms with E-state index in [0.29, 0.717) is 0 Å². The molecular weight excluding hydrogens is 468 g/mol. The highest BCUT2D eigenvalue weighted by atomic mass is 16.5. The van der Waals surface area contributed by atoms with Crippen molar-refractivity contribution in [3.05, 3.63) is 144 Å². The van der Waals surface area contributed by atoms with E-state index in [0.717, 1.165) is 53.3 Å². The first-order valence-electron chi connectivity index (χ1n) is 13.5. The van der Waals surface area contributed by atoms with Crippen LogP contribution in [-0.2, 0) is 9.47 Å². The van der Waals surface area contributed by atoms with Crippen molar-refractivity contribution in [2.45, 2.75) is 43.6 Å². The Kier molecular flexibility index (Phi) is 5.81. The summed E-state index contributed by atoms with van der Waals surface area (Å²) in [7, 11) is 0. The Labute approximate surface area is 223 Å². The Bertz CT molecular complexity index is 1340. The van der Waals surface area contributed by atoms with Crippen LogP contribution >= 0.6 is 0 Å². The number of aliphatic imine (C=N–C) groups is 2. The van der Waals surface area contributed by atoms with Gasteiger partial charge in [-0.3, -0.25) is 0 Å². The zero-order valence-corrected chi connectivity index (χ0v) is 21.2. The third kappa shape index (κ3) is 3.92. The van der Waals surface area contributed by atoms with Crippen molar-refractivity contribution in [2.24, 2.45) is 15.4 Å². The van der Waals surface area contributed by atoms with E-state index in [1.807, 2.05) is 24.3 Å². The fourth-order valence-electron chi connectivity index (χ4n) is 5.93. The van der Waals surface area contributed by atoms with Crippen LogP contribution in [0.1, 0.15) is 65.8 Å². The zero-order valence-electron chi connectivity index (χ0n) is 21.2. The molecule has 0 amide bonds. The quantitative estimate of drug-likeness (QED) is 0.270. The van der Waals surface area contributed by atoms with E-state index in [1.54, 1.807) is 0 Å². The van der Waals surface area contributed by atoms with Gasteiger partial charge in [-0.25, -0.2) is 9.98 Å². The zero-order chi connectivity index (χ0) is 25.4. The van der Waals surface area contributed by atoms with Crippen molar-refractivity contribution < 1.29 is 9.47 Å². The van der Waals surface area contributed by atoms with E-state index >= 15 is 0 Å². The number of hydrogen-bond acceptors (Lipinski definition) is 4. The van der Waals surface area contributed by atoms with Crippen LogP contribution in [0.4, 0.5) is 0 Å². The Morgan fingerprint density at radius 3 is 1.13 bits per heavy atom. The van der Waals surface area contributed by atoms with Gasteiger partial charge in [0.1, 0.15) is 17.5 Å². The van der Waals surface area contributed by atoms with E-state index in [-0.39, 0.29) is 24.3 Å². The average Bonchev–Trinajstić information content (AvgIpc) is 3.61. The number of rotatable bonds is 6. The summed E-state index contributed by atoms with van der Waals surface area (Å²) in [6, 6.07) is 41.6. The fourth-order valence-corrected chi connectivity index (χ4v) is 5.93. The van der Waals surface area contributed by atoms with Crippen LogP contribution in [0.5, 0.6) is 0 Å². The van der Waals surface area contributed by atoms with Gasteiger partial charge in [0.2, 0.25) is 11.8 Å². The maximum absolute atomic E-state index is 6.81. The molecule has 1 aliphatic carbocycles. The molecule has 4 aromatic carbocycles. The summed E-state index contributed by atoms with van der Waals surface area (Å²) >= 11 is 0. The predicted octanol–water partition coefficient (Wildman–Crippen LogP) is 7.98. The Morgan fingerprint density at radius 2 is 0.816 bits per heavy atom. The molecule has 4 heteroatoms. The summed E-state index contributed by atoms with van der Waals surface area (Å²) in [5.74, 6) is 1.54. The van der Waals surface area contributed by atoms with E-state index in [1.165, 1.54) is 0 Å². The van der Waals surface area contributed by atoms with Crippen LogP contribution in [0.3, 0.4) is 0 Å². The monoisotopic (exact) mass is 498 g/mol. The van der Waals surface area contributed by atoms with Gasteiger partial charge >= 0.3 is 0 Å². The minimum atomic E-state index is -0.423. The van der Waals surface area contributed by atoms with E-state index in [9.17, 15) is 0 Å². The standard InChI is InChI=1S/C34H30N2O2/c1-5-14-24(15-6-1)28-30(26-18-9-3-10-19-26)37-32(35-28)34(22-13-23-34)33-36-29(25-16-7-2-8-17-25)31(38-33)27-20-11-4-12-21-27/h1-12,14-21,28-31H,13,22-23H2. The minimum absolute atomic E-state index is 0.108. The van der Waals surface area contributed by atoms with Crippen LogP contribution < -0.4 is 0 Å². The van der Waals surface area contributed by atoms with Crippen molar-refractivity contribution in [1.29, 1.82) is 0 Å². The number of hydrogen-bond donors (Lipinski definition) is 0. The van der Waals surface area contributed by atoms with E-state index in [4.69, 9.17) is 19.5 Å². The highest BCUT2D eigenvalue weighted by Gasteiger charge is 2.56. The van der Waals surface area contributed by atoms with Crippen LogP contribution in [0.2, 0.25) is 0 Å². The molecule has 0 saturated heterocycles. The van der Waals surface area contributed by atoms with Gasteiger partial charge in [-0.15, -0.1) is 0 Å². The molecule has 4 unspecified atom stereocenters. The molecule has 188 valence electrons. The summed E-state index contributed by atoms with van der Waals surface area (Å²) in [5, 5.41) is 0. The highest BCUT2D eigenvalue weighted by molar-refractivity contribution is 6.07. The van der Waals surface area contributed by atoms with Gasteiger partial charge in [0, 0.05) is 0 Å². The van der Waals surface area contributed by atoms with Crippen molar-refractivity contribution >= 4 is 11.8 Å². The lowest BCUT2D eigenvalue weighted by Crippen LogP contribution is -2.46. The third-order valence-electron chi connectivity index (χ3n) is 8.13. The summed E-state index contributed by atoms with van der Waals surface area (Å²) in [5.41, 5.74) is 4.16. The summed E-state index contributed by atoms with van der Waals surface area (Å²) in [6.45, 7) is 0. The molecule has 0 spiro atoms. The molecule has 0 aromatic heterocycles. The molecule has 0 bridgehead atoms. The molecule has 2 aliphatic heterocycles. The number of benzene rings is 4. The summed E-state index contributed by atoms with van der Waals surface area (Å²) in [6.07, 6.45) is 2.60. The topological polar surface area (TPSA) is 43.2 Å². The second kappa shape index (κ2) is 9.60. The van der Waals surface area contributed by atoms with E-state index < -0.39 is 5.41 Å². The van der Waals surface area contributed by atoms with Crippen molar-refractivity contribution in [1.82, 2.24) is 0 Å². The first-order chi connectivity index (χ1) is 18.8. The number of ether oxygens (including phenoxy) is 2. The van der Waals surface area contributed by atoms with Crippen LogP contribution in [0.25, 0.3) is 0 Å². The third-order valence-corrected chi connectivity index (χ3v) is 8.13. The lowest BCUT2D eigenvalue weighted by Gasteiger charge is -2.40. The molecule has 4 aromatic rings. The van der Waals surface area contributed by atoms with Crippen LogP contribution in [0.15, 0.2) is 131 Å². The molecule has 3 aliphatic rings. The van der Waals surface area contributed by atoms with Crippen molar-refractivity contribution in [3.8, 4) is 0 Å². The molecule has 0 radical (unpaired) electrons. The van der Waals surface area contributed by atoms with Crippen molar-refractivity contribution in [3.63, 3.8) is 0 Å². The first kappa shape index (κ1) is 23.0. The maximum atomic E-state index is 6.81. The predicted molar refractivity (Wildman–Crippen MR) is 150 cm³/mol. The maximum Gasteiger partial charge on any atom is 0.200 e. The van der Waals surface area contributed by atoms with Gasteiger partial charge in [0.25, 0.3) is 0 Å². The van der Waals surface area contributed by atoms with E-state index in [2.05, 4.69) is 97.1 Å². The minimum Gasteiger partial charge on any atom is -0.469 e. The van der Waals surface area contributed by atoms with Crippen LogP contribution in [-0.4, -0.2) is 11.8 Å². The lowest BCUT2D eigenvalue weighted by atomic mass is 9.68. The van der Waals surface area contributed by atoms with Gasteiger partial charge in [0.05, 0.1) is 0 Å². The van der Waals surface area contributed by atoms with Gasteiger partial charge < -0.3 is 9.47 Å².